The number of alkyl halides is 1. The number of hydrogen-bond donors (Lipinski definition) is 1. The zero-order valence-corrected chi connectivity index (χ0v) is 10.6. The standard InChI is InChI=1S/C10H19ClN4O/c1-3-4-15-10(13-8-14-15)6-12-9(5-11)7-16-2/h8-9,12H,3-7H2,1-2H3. The molecule has 0 fully saturated rings. The Morgan fingerprint density at radius 1 is 1.62 bits per heavy atom. The highest BCUT2D eigenvalue weighted by Gasteiger charge is 2.08. The molecule has 0 aromatic carbocycles. The largest absolute Gasteiger partial charge is 0.383 e. The summed E-state index contributed by atoms with van der Waals surface area (Å²) in [5.74, 6) is 1.46. The Morgan fingerprint density at radius 2 is 2.44 bits per heavy atom. The van der Waals surface area contributed by atoms with Crippen LogP contribution in [0.4, 0.5) is 0 Å². The van der Waals surface area contributed by atoms with E-state index in [0.717, 1.165) is 18.8 Å². The maximum atomic E-state index is 5.80. The maximum Gasteiger partial charge on any atom is 0.140 e. The lowest BCUT2D eigenvalue weighted by Crippen LogP contribution is -2.35. The molecule has 1 unspecified atom stereocenters. The third kappa shape index (κ3) is 4.08. The fourth-order valence-corrected chi connectivity index (χ4v) is 1.62. The predicted molar refractivity (Wildman–Crippen MR) is 63.5 cm³/mol. The maximum absolute atomic E-state index is 5.80. The molecule has 1 aromatic heterocycles. The van der Waals surface area contributed by atoms with Crippen molar-refractivity contribution in [2.45, 2.75) is 32.5 Å². The second-order valence-electron chi connectivity index (χ2n) is 3.59. The molecule has 1 rings (SSSR count). The number of nitrogens with zero attached hydrogens (tertiary/aromatic N) is 3. The number of halogens is 1. The van der Waals surface area contributed by atoms with Gasteiger partial charge in [0, 0.05) is 25.6 Å². The molecule has 0 saturated carbocycles. The number of aromatic nitrogens is 3. The molecule has 0 radical (unpaired) electrons. The molecule has 16 heavy (non-hydrogen) atoms. The molecule has 6 heteroatoms. The second-order valence-corrected chi connectivity index (χ2v) is 3.90. The summed E-state index contributed by atoms with van der Waals surface area (Å²) in [7, 11) is 1.67. The van der Waals surface area contributed by atoms with Crippen LogP contribution in [-0.2, 0) is 17.8 Å². The lowest BCUT2D eigenvalue weighted by Gasteiger charge is -2.14. The fraction of sp³-hybridized carbons (Fsp3) is 0.800. The highest BCUT2D eigenvalue weighted by molar-refractivity contribution is 6.18. The predicted octanol–water partition coefficient (Wildman–Crippen LogP) is 1.03. The first-order chi connectivity index (χ1) is 7.81. The summed E-state index contributed by atoms with van der Waals surface area (Å²) in [5.41, 5.74) is 0. The van der Waals surface area contributed by atoms with Crippen molar-refractivity contribution in [3.8, 4) is 0 Å². The summed E-state index contributed by atoms with van der Waals surface area (Å²) < 4.78 is 6.96. The monoisotopic (exact) mass is 246 g/mol. The zero-order valence-electron chi connectivity index (χ0n) is 9.82. The lowest BCUT2D eigenvalue weighted by molar-refractivity contribution is 0.172. The van der Waals surface area contributed by atoms with E-state index in [1.165, 1.54) is 0 Å². The van der Waals surface area contributed by atoms with E-state index in [2.05, 4.69) is 22.3 Å². The molecule has 1 atom stereocenters. The average Bonchev–Trinajstić information content (AvgIpc) is 2.72. The normalized spacial score (nSPS) is 12.9. The van der Waals surface area contributed by atoms with E-state index in [1.54, 1.807) is 13.4 Å². The molecular formula is C10H19ClN4O. The van der Waals surface area contributed by atoms with Crippen LogP contribution in [-0.4, -0.2) is 40.4 Å². The Kier molecular flexibility index (Phi) is 6.37. The summed E-state index contributed by atoms with van der Waals surface area (Å²) in [6.45, 7) is 4.28. The molecule has 0 amide bonds. The van der Waals surface area contributed by atoms with Gasteiger partial charge in [0.15, 0.2) is 0 Å². The van der Waals surface area contributed by atoms with E-state index in [-0.39, 0.29) is 6.04 Å². The molecule has 5 nitrogen and oxygen atoms in total. The fourth-order valence-electron chi connectivity index (χ4n) is 1.42. The number of methoxy groups -OCH3 is 1. The van der Waals surface area contributed by atoms with Crippen molar-refractivity contribution >= 4 is 11.6 Å². The number of ether oxygens (including phenoxy) is 1. The smallest absolute Gasteiger partial charge is 0.140 e. The topological polar surface area (TPSA) is 52.0 Å². The minimum Gasteiger partial charge on any atom is -0.383 e. The van der Waals surface area contributed by atoms with Crippen molar-refractivity contribution < 1.29 is 4.74 Å². The Labute approximate surface area is 101 Å². The quantitative estimate of drug-likeness (QED) is 0.697. The van der Waals surface area contributed by atoms with Crippen molar-refractivity contribution in [3.05, 3.63) is 12.2 Å². The van der Waals surface area contributed by atoms with Crippen LogP contribution in [0.25, 0.3) is 0 Å². The van der Waals surface area contributed by atoms with E-state index < -0.39 is 0 Å². The molecule has 0 bridgehead atoms. The van der Waals surface area contributed by atoms with Gasteiger partial charge in [0.05, 0.1) is 13.2 Å². The van der Waals surface area contributed by atoms with Gasteiger partial charge in [-0.1, -0.05) is 6.92 Å². The van der Waals surface area contributed by atoms with Crippen LogP contribution in [0, 0.1) is 0 Å². The molecule has 0 spiro atoms. The summed E-state index contributed by atoms with van der Waals surface area (Å²) in [4.78, 5) is 4.21. The molecule has 0 saturated heterocycles. The first kappa shape index (κ1) is 13.4. The van der Waals surface area contributed by atoms with Gasteiger partial charge in [-0.25, -0.2) is 9.67 Å². The molecule has 92 valence electrons. The van der Waals surface area contributed by atoms with Crippen molar-refractivity contribution in [3.63, 3.8) is 0 Å². The van der Waals surface area contributed by atoms with Crippen LogP contribution in [0.2, 0.25) is 0 Å². The molecule has 0 aliphatic heterocycles. The Balaban J connectivity index is 2.43. The van der Waals surface area contributed by atoms with Crippen molar-refractivity contribution in [2.24, 2.45) is 0 Å². The van der Waals surface area contributed by atoms with E-state index in [0.29, 0.717) is 19.0 Å². The van der Waals surface area contributed by atoms with Gasteiger partial charge in [0.2, 0.25) is 0 Å². The van der Waals surface area contributed by atoms with Crippen molar-refractivity contribution in [1.82, 2.24) is 20.1 Å². The minimum absolute atomic E-state index is 0.151. The summed E-state index contributed by atoms with van der Waals surface area (Å²) in [6, 6.07) is 0.151. The van der Waals surface area contributed by atoms with E-state index >= 15 is 0 Å². The third-order valence-corrected chi connectivity index (χ3v) is 2.61. The van der Waals surface area contributed by atoms with Crippen LogP contribution < -0.4 is 5.32 Å². The Morgan fingerprint density at radius 3 is 3.06 bits per heavy atom. The highest BCUT2D eigenvalue weighted by atomic mass is 35.5. The number of nitrogens with one attached hydrogen (secondary N) is 1. The summed E-state index contributed by atoms with van der Waals surface area (Å²) >= 11 is 5.80. The molecule has 1 N–H and O–H groups in total. The average molecular weight is 247 g/mol. The highest BCUT2D eigenvalue weighted by Crippen LogP contribution is 1.98. The zero-order chi connectivity index (χ0) is 11.8. The van der Waals surface area contributed by atoms with Gasteiger partial charge < -0.3 is 10.1 Å². The molecular weight excluding hydrogens is 228 g/mol. The number of aryl methyl sites for hydroxylation is 1. The van der Waals surface area contributed by atoms with Gasteiger partial charge in [0.25, 0.3) is 0 Å². The van der Waals surface area contributed by atoms with Crippen LogP contribution >= 0.6 is 11.6 Å². The van der Waals surface area contributed by atoms with Crippen LogP contribution in [0.15, 0.2) is 6.33 Å². The molecule has 0 aliphatic rings. The van der Waals surface area contributed by atoms with Gasteiger partial charge in [-0.15, -0.1) is 11.6 Å². The molecule has 1 heterocycles. The van der Waals surface area contributed by atoms with E-state index in [9.17, 15) is 0 Å². The Bertz CT molecular complexity index is 292. The summed E-state index contributed by atoms with van der Waals surface area (Å²) in [6.07, 6.45) is 2.63. The molecule has 0 aliphatic carbocycles. The number of hydrogen-bond acceptors (Lipinski definition) is 4. The minimum atomic E-state index is 0.151. The number of rotatable bonds is 8. The summed E-state index contributed by atoms with van der Waals surface area (Å²) in [5, 5.41) is 7.45. The van der Waals surface area contributed by atoms with E-state index in [1.807, 2.05) is 4.68 Å². The van der Waals surface area contributed by atoms with Gasteiger partial charge >= 0.3 is 0 Å². The van der Waals surface area contributed by atoms with Crippen LogP contribution in [0.1, 0.15) is 19.2 Å². The van der Waals surface area contributed by atoms with E-state index in [4.69, 9.17) is 16.3 Å². The second kappa shape index (κ2) is 7.60. The lowest BCUT2D eigenvalue weighted by atomic mass is 10.3. The first-order valence-electron chi connectivity index (χ1n) is 5.46. The van der Waals surface area contributed by atoms with Crippen molar-refractivity contribution in [1.29, 1.82) is 0 Å². The van der Waals surface area contributed by atoms with Gasteiger partial charge in [-0.05, 0) is 6.42 Å². The van der Waals surface area contributed by atoms with Gasteiger partial charge in [0.1, 0.15) is 12.2 Å². The van der Waals surface area contributed by atoms with Crippen molar-refractivity contribution in [2.75, 3.05) is 19.6 Å². The molecule has 1 aromatic rings. The Hall–Kier alpha value is -0.650. The van der Waals surface area contributed by atoms with Gasteiger partial charge in [-0.2, -0.15) is 5.10 Å². The van der Waals surface area contributed by atoms with Crippen LogP contribution in [0.5, 0.6) is 0 Å². The van der Waals surface area contributed by atoms with Gasteiger partial charge in [-0.3, -0.25) is 0 Å². The first-order valence-corrected chi connectivity index (χ1v) is 6.00. The SMILES string of the molecule is CCCn1ncnc1CNC(CCl)COC. The third-order valence-electron chi connectivity index (χ3n) is 2.23. The van der Waals surface area contributed by atoms with Crippen LogP contribution in [0.3, 0.4) is 0 Å².